The number of nitrogens with zero attached hydrogens (tertiary/aromatic N) is 3. The van der Waals surface area contributed by atoms with E-state index in [0.29, 0.717) is 29.0 Å². The molecular formula is C19H20N4O3S2. The highest BCUT2D eigenvalue weighted by Gasteiger charge is 2.29. The normalized spacial score (nSPS) is 16.6. The monoisotopic (exact) mass is 416 g/mol. The van der Waals surface area contributed by atoms with Gasteiger partial charge in [0, 0.05) is 29.8 Å². The molecule has 0 bridgehead atoms. The van der Waals surface area contributed by atoms with Gasteiger partial charge < -0.3 is 4.52 Å². The molecule has 0 fully saturated rings. The van der Waals surface area contributed by atoms with Crippen LogP contribution in [0.3, 0.4) is 0 Å². The van der Waals surface area contributed by atoms with Crippen LogP contribution < -0.4 is 10.9 Å². The minimum atomic E-state index is -0.354. The Labute approximate surface area is 170 Å². The lowest BCUT2D eigenvalue weighted by Gasteiger charge is -2.26. The number of hydrogen-bond acceptors (Lipinski definition) is 7. The Morgan fingerprint density at radius 1 is 1.36 bits per heavy atom. The molecule has 0 saturated carbocycles. The lowest BCUT2D eigenvalue weighted by Crippen LogP contribution is -2.37. The number of anilines is 1. The van der Waals surface area contributed by atoms with Crippen molar-refractivity contribution in [2.75, 3.05) is 11.1 Å². The van der Waals surface area contributed by atoms with Gasteiger partial charge in [-0.15, -0.1) is 11.3 Å². The molecule has 3 aromatic heterocycles. The number of rotatable bonds is 3. The smallest absolute Gasteiger partial charge is 0.254 e. The zero-order valence-corrected chi connectivity index (χ0v) is 17.4. The van der Waals surface area contributed by atoms with Crippen LogP contribution in [0.1, 0.15) is 26.5 Å². The van der Waals surface area contributed by atoms with E-state index < -0.39 is 0 Å². The van der Waals surface area contributed by atoms with Crippen molar-refractivity contribution in [1.29, 1.82) is 0 Å². The lowest BCUT2D eigenvalue weighted by atomic mass is 9.92. The summed E-state index contributed by atoms with van der Waals surface area (Å²) >= 11 is 2.98. The van der Waals surface area contributed by atoms with E-state index >= 15 is 0 Å². The van der Waals surface area contributed by atoms with E-state index in [4.69, 9.17) is 4.52 Å². The van der Waals surface area contributed by atoms with Crippen LogP contribution in [0.2, 0.25) is 0 Å². The van der Waals surface area contributed by atoms with Crippen molar-refractivity contribution in [1.82, 2.24) is 14.7 Å². The molecule has 3 aromatic rings. The van der Waals surface area contributed by atoms with Crippen molar-refractivity contribution >= 4 is 34.9 Å². The molecule has 1 N–H and O–H groups in total. The number of thiophene rings is 1. The van der Waals surface area contributed by atoms with Crippen molar-refractivity contribution in [2.24, 2.45) is 5.92 Å². The highest BCUT2D eigenvalue weighted by molar-refractivity contribution is 7.99. The van der Waals surface area contributed by atoms with Gasteiger partial charge in [0.05, 0.1) is 16.5 Å². The molecule has 0 aromatic carbocycles. The number of carbonyl (C=O) groups is 1. The molecule has 1 aliphatic heterocycles. The fourth-order valence-corrected chi connectivity index (χ4v) is 4.62. The Bertz CT molecular complexity index is 1060. The first kappa shape index (κ1) is 18.9. The summed E-state index contributed by atoms with van der Waals surface area (Å²) in [5, 5.41) is 9.38. The minimum Gasteiger partial charge on any atom is -0.338 e. The van der Waals surface area contributed by atoms with Gasteiger partial charge in [-0.05, 0) is 11.4 Å². The second-order valence-electron chi connectivity index (χ2n) is 7.67. The topological polar surface area (TPSA) is 90.0 Å². The van der Waals surface area contributed by atoms with Gasteiger partial charge in [0.2, 0.25) is 11.8 Å². The van der Waals surface area contributed by atoms with Crippen molar-refractivity contribution < 1.29 is 9.32 Å². The summed E-state index contributed by atoms with van der Waals surface area (Å²) in [4.78, 5) is 30.8. The molecule has 0 radical (unpaired) electrons. The lowest BCUT2D eigenvalue weighted by molar-refractivity contribution is -0.119. The summed E-state index contributed by atoms with van der Waals surface area (Å²) in [5.41, 5.74) is 1.13. The van der Waals surface area contributed by atoms with Gasteiger partial charge >= 0.3 is 0 Å². The summed E-state index contributed by atoms with van der Waals surface area (Å²) in [6.45, 7) is 6.38. The fourth-order valence-electron chi connectivity index (χ4n) is 2.85. The molecule has 28 heavy (non-hydrogen) atoms. The van der Waals surface area contributed by atoms with Crippen LogP contribution in [0.15, 0.2) is 44.1 Å². The first-order chi connectivity index (χ1) is 13.3. The summed E-state index contributed by atoms with van der Waals surface area (Å²) in [6.07, 6.45) is 0. The fraction of sp³-hybridized carbons (Fsp3) is 0.368. The Morgan fingerprint density at radius 3 is 2.89 bits per heavy atom. The number of carbonyl (C=O) groups excluding carboxylic acids is 1. The zero-order chi connectivity index (χ0) is 19.9. The van der Waals surface area contributed by atoms with E-state index in [9.17, 15) is 9.59 Å². The molecule has 1 unspecified atom stereocenters. The third-order valence-electron chi connectivity index (χ3n) is 4.46. The number of hydrogen-bond donors (Lipinski definition) is 1. The molecule has 1 aliphatic rings. The second kappa shape index (κ2) is 7.21. The van der Waals surface area contributed by atoms with Gasteiger partial charge in [0.15, 0.2) is 5.16 Å². The van der Waals surface area contributed by atoms with Crippen LogP contribution >= 0.6 is 23.1 Å². The molecule has 4 heterocycles. The molecule has 1 atom stereocenters. The Morgan fingerprint density at radius 2 is 2.18 bits per heavy atom. The minimum absolute atomic E-state index is 0.125. The quantitative estimate of drug-likeness (QED) is 0.656. The van der Waals surface area contributed by atoms with E-state index in [1.54, 1.807) is 28.0 Å². The van der Waals surface area contributed by atoms with Gasteiger partial charge in [-0.1, -0.05) is 43.8 Å². The maximum atomic E-state index is 12.7. The standard InChI is InChI=1S/C19H20N4O3S2/c1-19(2,3)14-8-16(24)23-9-11(10-28-18(23)20-14)17(25)21-15-7-12(22-26-15)13-5-4-6-27-13/h4-8,11H,9-10H2,1-3H3,(H,21,25). The number of amides is 1. The number of fused-ring (bicyclic) bond motifs is 1. The van der Waals surface area contributed by atoms with Crippen molar-refractivity contribution in [2.45, 2.75) is 37.9 Å². The van der Waals surface area contributed by atoms with E-state index in [2.05, 4.69) is 15.5 Å². The Balaban J connectivity index is 1.48. The third-order valence-corrected chi connectivity index (χ3v) is 6.49. The Kier molecular flexibility index (Phi) is 4.88. The Hall–Kier alpha value is -2.39. The molecular weight excluding hydrogens is 396 g/mol. The van der Waals surface area contributed by atoms with Gasteiger partial charge in [-0.3, -0.25) is 19.5 Å². The number of thioether (sulfide) groups is 1. The van der Waals surface area contributed by atoms with Crippen molar-refractivity contribution in [3.8, 4) is 10.6 Å². The van der Waals surface area contributed by atoms with Crippen molar-refractivity contribution in [3.63, 3.8) is 0 Å². The predicted octanol–water partition coefficient (Wildman–Crippen LogP) is 3.62. The van der Waals surface area contributed by atoms with E-state index in [1.807, 2.05) is 38.3 Å². The predicted molar refractivity (Wildman–Crippen MR) is 110 cm³/mol. The van der Waals surface area contributed by atoms with Crippen LogP contribution in [0.25, 0.3) is 10.6 Å². The SMILES string of the molecule is CC(C)(C)c1cc(=O)n2c(n1)SCC(C(=O)Nc1cc(-c3cccs3)no1)C2. The summed E-state index contributed by atoms with van der Waals surface area (Å²) in [6, 6.07) is 7.14. The maximum Gasteiger partial charge on any atom is 0.254 e. The highest BCUT2D eigenvalue weighted by atomic mass is 32.2. The third kappa shape index (κ3) is 3.77. The van der Waals surface area contributed by atoms with E-state index in [1.165, 1.54) is 11.8 Å². The van der Waals surface area contributed by atoms with E-state index in [0.717, 1.165) is 10.6 Å². The second-order valence-corrected chi connectivity index (χ2v) is 9.61. The van der Waals surface area contributed by atoms with E-state index in [-0.39, 0.29) is 22.8 Å². The van der Waals surface area contributed by atoms with Gasteiger partial charge in [0.1, 0.15) is 5.69 Å². The molecule has 146 valence electrons. The molecule has 0 spiro atoms. The first-order valence-corrected chi connectivity index (χ1v) is 10.7. The average molecular weight is 417 g/mol. The van der Waals surface area contributed by atoms with Gasteiger partial charge in [-0.25, -0.2) is 4.98 Å². The summed E-state index contributed by atoms with van der Waals surface area (Å²) < 4.78 is 6.81. The van der Waals surface area contributed by atoms with Gasteiger partial charge in [-0.2, -0.15) is 0 Å². The zero-order valence-electron chi connectivity index (χ0n) is 15.8. The average Bonchev–Trinajstić information content (AvgIpc) is 3.32. The molecule has 0 aliphatic carbocycles. The van der Waals surface area contributed by atoms with Crippen molar-refractivity contribution in [3.05, 3.63) is 45.7 Å². The van der Waals surface area contributed by atoms with Crippen LogP contribution in [0, 0.1) is 5.92 Å². The highest BCUT2D eigenvalue weighted by Crippen LogP contribution is 2.29. The van der Waals surface area contributed by atoms with Crippen LogP contribution in [0.4, 0.5) is 5.88 Å². The molecule has 9 heteroatoms. The van der Waals surface area contributed by atoms with Crippen LogP contribution in [-0.2, 0) is 16.8 Å². The molecule has 7 nitrogen and oxygen atoms in total. The molecule has 0 saturated heterocycles. The summed E-state index contributed by atoms with van der Waals surface area (Å²) in [7, 11) is 0. The first-order valence-electron chi connectivity index (χ1n) is 8.88. The molecule has 1 amide bonds. The van der Waals surface area contributed by atoms with Gasteiger partial charge in [0.25, 0.3) is 5.56 Å². The number of aromatic nitrogens is 3. The molecule has 4 rings (SSSR count). The largest absolute Gasteiger partial charge is 0.338 e. The summed E-state index contributed by atoms with van der Waals surface area (Å²) in [5.74, 6) is 0.307. The maximum absolute atomic E-state index is 12.7. The van der Waals surface area contributed by atoms with Crippen LogP contribution in [0.5, 0.6) is 0 Å². The number of nitrogens with one attached hydrogen (secondary N) is 1. The van der Waals surface area contributed by atoms with Crippen LogP contribution in [-0.4, -0.2) is 26.4 Å².